The number of amides is 3. The van der Waals surface area contributed by atoms with Crippen molar-refractivity contribution >= 4 is 64.0 Å². The van der Waals surface area contributed by atoms with Crippen LogP contribution in [0.25, 0.3) is 11.3 Å². The van der Waals surface area contributed by atoms with E-state index in [9.17, 15) is 37.6 Å². The molecule has 0 radical (unpaired) electrons. The molecule has 0 saturated carbocycles. The van der Waals surface area contributed by atoms with Crippen LogP contribution in [0.15, 0.2) is 66.4 Å². The quantitative estimate of drug-likeness (QED) is 0.0438. The maximum absolute atomic E-state index is 15.4. The second kappa shape index (κ2) is 22.0. The lowest BCUT2D eigenvalue weighted by Gasteiger charge is -2.39. The molecule has 1 aliphatic rings. The van der Waals surface area contributed by atoms with E-state index < -0.39 is 57.8 Å². The van der Waals surface area contributed by atoms with Gasteiger partial charge in [0.15, 0.2) is 10.9 Å². The van der Waals surface area contributed by atoms with E-state index in [2.05, 4.69) is 20.6 Å². The highest BCUT2D eigenvalue weighted by molar-refractivity contribution is 7.80. The molecule has 2 atom stereocenters. The maximum Gasteiger partial charge on any atom is 0.420 e. The molecule has 0 spiro atoms. The molecule has 3 amide bonds. The number of halogens is 4. The summed E-state index contributed by atoms with van der Waals surface area (Å²) in [5.74, 6) is -2.06. The summed E-state index contributed by atoms with van der Waals surface area (Å²) in [7, 11) is 1.26. The molecule has 0 bridgehead atoms. The third-order valence-corrected chi connectivity index (χ3v) is 12.0. The summed E-state index contributed by atoms with van der Waals surface area (Å²) < 4.78 is 68.1. The SMILES string of the molecule is CN(C(=S)N(c1ccc(-c2ccc(OCCCCOCC(=O)NC(C(=O)N3CCC[C@H]3C(=O)NCc3cncs3)C(C)(C)C)cc2)nc1)C(C)(C)C=O)c1ccc(C#N)c(C(F)(F)F)c1F. The van der Waals surface area contributed by atoms with Gasteiger partial charge >= 0.3 is 6.18 Å². The zero-order valence-corrected chi connectivity index (χ0v) is 39.0. The van der Waals surface area contributed by atoms with E-state index in [1.54, 1.807) is 53.0 Å². The molecule has 2 aromatic carbocycles. The number of carbonyl (C=O) groups is 4. The summed E-state index contributed by atoms with van der Waals surface area (Å²) in [5.41, 5.74) is -1.83. The van der Waals surface area contributed by atoms with Crippen LogP contribution in [0.2, 0.25) is 0 Å². The monoisotopic (exact) mass is 952 g/mol. The fourth-order valence-corrected chi connectivity index (χ4v) is 8.18. The Morgan fingerprint density at radius 2 is 1.76 bits per heavy atom. The summed E-state index contributed by atoms with van der Waals surface area (Å²) in [5, 5.41) is 14.7. The number of ether oxygens (including phenoxy) is 2. The molecule has 2 aromatic heterocycles. The highest BCUT2D eigenvalue weighted by Gasteiger charge is 2.43. The summed E-state index contributed by atoms with van der Waals surface area (Å²) in [6, 6.07) is 12.2. The van der Waals surface area contributed by atoms with Gasteiger partial charge in [0, 0.05) is 36.8 Å². The van der Waals surface area contributed by atoms with Gasteiger partial charge in [-0.05, 0) is 106 Å². The molecule has 1 unspecified atom stereocenters. The third-order valence-electron chi connectivity index (χ3n) is 10.7. The van der Waals surface area contributed by atoms with Crippen molar-refractivity contribution in [1.29, 1.82) is 5.26 Å². The van der Waals surface area contributed by atoms with Gasteiger partial charge in [-0.25, -0.2) is 4.39 Å². The van der Waals surface area contributed by atoms with E-state index in [1.165, 1.54) is 49.4 Å². The van der Waals surface area contributed by atoms with E-state index in [0.29, 0.717) is 68.8 Å². The first-order valence-corrected chi connectivity index (χ1v) is 22.3. The Balaban J connectivity index is 1.09. The highest BCUT2D eigenvalue weighted by atomic mass is 32.1. The van der Waals surface area contributed by atoms with Crippen LogP contribution in [-0.4, -0.2) is 95.0 Å². The molecule has 4 aromatic rings. The number of nitriles is 1. The van der Waals surface area contributed by atoms with Crippen molar-refractivity contribution in [2.24, 2.45) is 5.41 Å². The number of rotatable bonds is 18. The number of aromatic nitrogens is 2. The standard InChI is InChI=1S/C46H52F4N8O6S2/c1-44(2,3)40(42(62)57-19-9-10-36(57)41(61)54-25-33-24-52-28-66-33)55-37(60)26-63-20-7-8-21-64-32-15-11-29(12-16-32)34-17-14-31(23-53-34)58(45(4,5)27-59)43(65)56(6)35-18-13-30(22-51)38(39(35)47)46(48,49)50/h11-18,23-24,27-28,36,40H,7-10,19-21,25-26H2,1-6H3,(H,54,61)(H,55,60)/t36-,40?/m0/s1. The van der Waals surface area contributed by atoms with Crippen LogP contribution in [-0.2, 0) is 36.6 Å². The van der Waals surface area contributed by atoms with Crippen LogP contribution in [0, 0.1) is 22.6 Å². The first-order chi connectivity index (χ1) is 31.2. The molecule has 1 fully saturated rings. The first-order valence-electron chi connectivity index (χ1n) is 21.0. The van der Waals surface area contributed by atoms with E-state index in [1.807, 2.05) is 20.8 Å². The Morgan fingerprint density at radius 1 is 1.05 bits per heavy atom. The second-order valence-corrected chi connectivity index (χ2v) is 18.5. The van der Waals surface area contributed by atoms with Crippen molar-refractivity contribution in [3.8, 4) is 23.1 Å². The van der Waals surface area contributed by atoms with Crippen molar-refractivity contribution in [2.45, 2.75) is 90.6 Å². The Hall–Kier alpha value is -6.04. The summed E-state index contributed by atoms with van der Waals surface area (Å²) in [4.78, 5) is 65.3. The average molecular weight is 953 g/mol. The normalized spacial score (nSPS) is 14.5. The molecule has 3 heterocycles. The van der Waals surface area contributed by atoms with Gasteiger partial charge in [-0.1, -0.05) is 20.8 Å². The molecular weight excluding hydrogens is 901 g/mol. The van der Waals surface area contributed by atoms with E-state index in [-0.39, 0.29) is 30.1 Å². The van der Waals surface area contributed by atoms with E-state index >= 15 is 4.39 Å². The average Bonchev–Trinajstić information content (AvgIpc) is 4.00. The van der Waals surface area contributed by atoms with Gasteiger partial charge in [-0.2, -0.15) is 18.4 Å². The van der Waals surface area contributed by atoms with Gasteiger partial charge in [-0.3, -0.25) is 24.4 Å². The molecule has 14 nitrogen and oxygen atoms in total. The minimum absolute atomic E-state index is 0.200. The van der Waals surface area contributed by atoms with Crippen LogP contribution in [0.5, 0.6) is 5.75 Å². The fourth-order valence-electron chi connectivity index (χ4n) is 7.20. The second-order valence-electron chi connectivity index (χ2n) is 17.2. The Labute approximate surface area is 390 Å². The van der Waals surface area contributed by atoms with Gasteiger partial charge in [-0.15, -0.1) is 11.3 Å². The summed E-state index contributed by atoms with van der Waals surface area (Å²) >= 11 is 7.05. The zero-order chi connectivity index (χ0) is 48.4. The largest absolute Gasteiger partial charge is 0.494 e. The zero-order valence-electron chi connectivity index (χ0n) is 37.4. The minimum Gasteiger partial charge on any atom is -0.494 e. The molecule has 20 heteroatoms. The van der Waals surface area contributed by atoms with Crippen molar-refractivity contribution in [3.05, 3.63) is 88.3 Å². The van der Waals surface area contributed by atoms with Gasteiger partial charge in [0.1, 0.15) is 36.3 Å². The first kappa shape index (κ1) is 51.0. The van der Waals surface area contributed by atoms with Crippen LogP contribution in [0.1, 0.15) is 76.3 Å². The van der Waals surface area contributed by atoms with E-state index in [4.69, 9.17) is 21.7 Å². The molecule has 352 valence electrons. The topological polar surface area (TPSA) is 170 Å². The van der Waals surface area contributed by atoms with Gasteiger partial charge in [0.25, 0.3) is 0 Å². The fraction of sp³-hybridized carbons (Fsp3) is 0.435. The summed E-state index contributed by atoms with van der Waals surface area (Å²) in [6.07, 6.45) is 1.02. The number of thiocarbonyl (C=S) groups is 1. The van der Waals surface area contributed by atoms with E-state index in [0.717, 1.165) is 27.5 Å². The van der Waals surface area contributed by atoms with Gasteiger partial charge < -0.3 is 39.6 Å². The molecule has 0 aliphatic carbocycles. The number of hydrogen-bond donors (Lipinski definition) is 2. The predicted molar refractivity (Wildman–Crippen MR) is 245 cm³/mol. The van der Waals surface area contributed by atoms with Crippen molar-refractivity contribution < 1.29 is 46.2 Å². The lowest BCUT2D eigenvalue weighted by molar-refractivity contribution is -0.144. The highest BCUT2D eigenvalue weighted by Crippen LogP contribution is 2.38. The number of unbranched alkanes of at least 4 members (excludes halogenated alkanes) is 1. The smallest absolute Gasteiger partial charge is 0.420 e. The molecule has 2 N–H and O–H groups in total. The lowest BCUT2D eigenvalue weighted by Crippen LogP contribution is -2.58. The number of aldehydes is 1. The predicted octanol–water partition coefficient (Wildman–Crippen LogP) is 7.45. The number of nitrogens with zero attached hydrogens (tertiary/aromatic N) is 6. The van der Waals surface area contributed by atoms with Crippen molar-refractivity contribution in [3.63, 3.8) is 0 Å². The van der Waals surface area contributed by atoms with Crippen LogP contribution >= 0.6 is 23.6 Å². The molecule has 1 saturated heterocycles. The number of anilines is 2. The van der Waals surface area contributed by atoms with Gasteiger partial charge in [0.05, 0.1) is 59.1 Å². The van der Waals surface area contributed by atoms with Crippen molar-refractivity contribution in [1.82, 2.24) is 25.5 Å². The van der Waals surface area contributed by atoms with Crippen LogP contribution in [0.3, 0.4) is 0 Å². The third kappa shape index (κ3) is 12.6. The molecule has 66 heavy (non-hydrogen) atoms. The number of benzene rings is 2. The Morgan fingerprint density at radius 3 is 2.36 bits per heavy atom. The number of thiazole rings is 1. The Kier molecular flexibility index (Phi) is 17.0. The number of hydrogen-bond acceptors (Lipinski definition) is 11. The molecular formula is C46H52F4N8O6S2. The number of nitrogens with one attached hydrogen (secondary N) is 2. The number of carbonyl (C=O) groups excluding carboxylic acids is 4. The van der Waals surface area contributed by atoms with Crippen LogP contribution in [0.4, 0.5) is 28.9 Å². The van der Waals surface area contributed by atoms with Gasteiger partial charge in [0.2, 0.25) is 17.7 Å². The Bertz CT molecular complexity index is 2390. The minimum atomic E-state index is -5.15. The molecule has 1 aliphatic heterocycles. The summed E-state index contributed by atoms with van der Waals surface area (Å²) in [6.45, 7) is 9.81. The molecule has 5 rings (SSSR count). The van der Waals surface area contributed by atoms with Crippen LogP contribution < -0.4 is 25.2 Å². The maximum atomic E-state index is 15.4. The lowest BCUT2D eigenvalue weighted by atomic mass is 9.85. The van der Waals surface area contributed by atoms with Crippen molar-refractivity contribution in [2.75, 3.05) is 43.2 Å². The number of likely N-dealkylation sites (tertiary alicyclic amines) is 1. The number of pyridine rings is 1. The number of alkyl halides is 3.